The summed E-state index contributed by atoms with van der Waals surface area (Å²) in [4.78, 5) is 50.1. The van der Waals surface area contributed by atoms with Crippen LogP contribution in [-0.4, -0.2) is 89.4 Å². The third-order valence-electron chi connectivity index (χ3n) is 3.44. The second-order valence-corrected chi connectivity index (χ2v) is 5.12. The molecule has 2 aliphatic heterocycles. The van der Waals surface area contributed by atoms with Crippen molar-refractivity contribution < 1.29 is 24.3 Å². The van der Waals surface area contributed by atoms with Gasteiger partial charge in [-0.2, -0.15) is 0 Å². The highest BCUT2D eigenvalue weighted by Crippen LogP contribution is 2.08. The number of nitrogens with zero attached hydrogens (tertiary/aromatic N) is 3. The van der Waals surface area contributed by atoms with Gasteiger partial charge < -0.3 is 14.9 Å². The molecule has 0 aromatic heterocycles. The van der Waals surface area contributed by atoms with Crippen molar-refractivity contribution in [2.24, 2.45) is 0 Å². The lowest BCUT2D eigenvalue weighted by molar-refractivity contribution is -0.138. The number of carbonyl (C=O) groups excluding carboxylic acids is 3. The van der Waals surface area contributed by atoms with Crippen LogP contribution in [0.4, 0.5) is 4.79 Å². The van der Waals surface area contributed by atoms with E-state index < -0.39 is 17.8 Å². The number of rotatable bonds is 2. The Morgan fingerprint density at radius 3 is 2.29 bits per heavy atom. The zero-order valence-corrected chi connectivity index (χ0v) is 11.6. The first kappa shape index (κ1) is 15.2. The lowest BCUT2D eigenvalue weighted by Gasteiger charge is -2.31. The molecule has 9 heteroatoms. The zero-order chi connectivity index (χ0) is 15.4. The highest BCUT2D eigenvalue weighted by atomic mass is 16.4. The van der Waals surface area contributed by atoms with Crippen molar-refractivity contribution in [3.63, 3.8) is 0 Å². The molecule has 0 bridgehead atoms. The summed E-state index contributed by atoms with van der Waals surface area (Å²) in [5.74, 6) is -1.86. The fraction of sp³-hybridized carbons (Fsp3) is 0.667. The number of amides is 4. The Morgan fingerprint density at radius 2 is 1.67 bits per heavy atom. The molecule has 2 aliphatic rings. The zero-order valence-electron chi connectivity index (χ0n) is 11.6. The summed E-state index contributed by atoms with van der Waals surface area (Å²) in [5.41, 5.74) is 0. The molecular formula is C12H18N4O5. The highest BCUT2D eigenvalue weighted by molar-refractivity contribution is 6.02. The Labute approximate surface area is 121 Å². The summed E-state index contributed by atoms with van der Waals surface area (Å²) in [7, 11) is 0. The number of piperazine rings is 1. The number of nitrogens with one attached hydrogen (secondary N) is 1. The van der Waals surface area contributed by atoms with Gasteiger partial charge in [-0.1, -0.05) is 0 Å². The second-order valence-electron chi connectivity index (χ2n) is 5.12. The Balaban J connectivity index is 1.92. The smallest absolute Gasteiger partial charge is 0.320 e. The van der Waals surface area contributed by atoms with Gasteiger partial charge in [0.25, 0.3) is 0 Å². The average molecular weight is 298 g/mol. The van der Waals surface area contributed by atoms with E-state index in [-0.39, 0.29) is 25.7 Å². The molecule has 21 heavy (non-hydrogen) atoms. The van der Waals surface area contributed by atoms with Crippen molar-refractivity contribution in [3.8, 4) is 0 Å². The van der Waals surface area contributed by atoms with E-state index in [2.05, 4.69) is 5.32 Å². The van der Waals surface area contributed by atoms with Crippen molar-refractivity contribution in [2.75, 3.05) is 45.8 Å². The van der Waals surface area contributed by atoms with Crippen LogP contribution in [0.2, 0.25) is 0 Å². The first-order valence-electron chi connectivity index (χ1n) is 6.76. The van der Waals surface area contributed by atoms with Crippen LogP contribution in [0.3, 0.4) is 0 Å². The number of imide groups is 1. The van der Waals surface area contributed by atoms with Gasteiger partial charge in [0, 0.05) is 26.2 Å². The van der Waals surface area contributed by atoms with Crippen LogP contribution in [-0.2, 0) is 14.4 Å². The summed E-state index contributed by atoms with van der Waals surface area (Å²) in [5, 5.41) is 10.9. The molecule has 2 heterocycles. The van der Waals surface area contributed by atoms with Gasteiger partial charge in [0.2, 0.25) is 11.8 Å². The van der Waals surface area contributed by atoms with Crippen LogP contribution >= 0.6 is 0 Å². The molecule has 116 valence electrons. The van der Waals surface area contributed by atoms with E-state index in [1.807, 2.05) is 0 Å². The molecule has 0 unspecified atom stereocenters. The largest absolute Gasteiger partial charge is 0.480 e. The third-order valence-corrected chi connectivity index (χ3v) is 3.44. The van der Waals surface area contributed by atoms with Gasteiger partial charge in [0.15, 0.2) is 0 Å². The van der Waals surface area contributed by atoms with Crippen molar-refractivity contribution in [2.45, 2.75) is 6.42 Å². The van der Waals surface area contributed by atoms with Crippen LogP contribution in [0.1, 0.15) is 6.42 Å². The maximum Gasteiger partial charge on any atom is 0.320 e. The lowest BCUT2D eigenvalue weighted by Crippen LogP contribution is -2.56. The maximum atomic E-state index is 12.3. The number of urea groups is 1. The predicted octanol–water partition coefficient (Wildman–Crippen LogP) is -1.84. The number of hydrogen-bond acceptors (Lipinski definition) is 5. The molecule has 0 aromatic carbocycles. The molecule has 0 atom stereocenters. The van der Waals surface area contributed by atoms with Crippen LogP contribution in [0, 0.1) is 0 Å². The van der Waals surface area contributed by atoms with Crippen LogP contribution in [0.5, 0.6) is 0 Å². The second kappa shape index (κ2) is 6.53. The number of carboxylic acids is 1. The Kier molecular flexibility index (Phi) is 4.73. The van der Waals surface area contributed by atoms with E-state index in [4.69, 9.17) is 5.11 Å². The molecule has 0 aromatic rings. The lowest BCUT2D eigenvalue weighted by atomic mass is 10.3. The van der Waals surface area contributed by atoms with Crippen LogP contribution in [0.25, 0.3) is 0 Å². The highest BCUT2D eigenvalue weighted by Gasteiger charge is 2.30. The monoisotopic (exact) mass is 298 g/mol. The van der Waals surface area contributed by atoms with E-state index in [1.165, 1.54) is 4.90 Å². The molecular weight excluding hydrogens is 280 g/mol. The molecule has 0 saturated carbocycles. The van der Waals surface area contributed by atoms with Crippen molar-refractivity contribution in [3.05, 3.63) is 0 Å². The fourth-order valence-electron chi connectivity index (χ4n) is 2.48. The Bertz CT molecular complexity index is 451. The van der Waals surface area contributed by atoms with E-state index in [0.717, 1.165) is 0 Å². The van der Waals surface area contributed by atoms with E-state index in [1.54, 1.807) is 9.80 Å². The van der Waals surface area contributed by atoms with Crippen LogP contribution in [0.15, 0.2) is 0 Å². The van der Waals surface area contributed by atoms with Gasteiger partial charge >= 0.3 is 12.0 Å². The molecule has 2 rings (SSSR count). The molecule has 2 saturated heterocycles. The van der Waals surface area contributed by atoms with E-state index in [0.29, 0.717) is 32.6 Å². The van der Waals surface area contributed by atoms with Gasteiger partial charge in [0.1, 0.15) is 13.1 Å². The quantitative estimate of drug-likeness (QED) is 0.580. The molecule has 2 fully saturated rings. The standard InChI is InChI=1S/C12H18N4O5/c17-9-6-16(7-10(18)13-9)12(21)15-3-1-2-14(4-5-15)8-11(19)20/h1-8H2,(H,19,20)(H,13,17,18). The Morgan fingerprint density at radius 1 is 1.00 bits per heavy atom. The molecule has 0 radical (unpaired) electrons. The van der Waals surface area contributed by atoms with Crippen molar-refractivity contribution in [1.29, 1.82) is 0 Å². The van der Waals surface area contributed by atoms with E-state index in [9.17, 15) is 19.2 Å². The number of hydrogen-bond donors (Lipinski definition) is 2. The first-order valence-corrected chi connectivity index (χ1v) is 6.76. The SMILES string of the molecule is O=C(O)CN1CCCN(C(=O)N2CC(=O)NC(=O)C2)CC1. The molecule has 9 nitrogen and oxygen atoms in total. The summed E-state index contributed by atoms with van der Waals surface area (Å²) in [6, 6.07) is -0.352. The van der Waals surface area contributed by atoms with Crippen LogP contribution < -0.4 is 5.32 Å². The van der Waals surface area contributed by atoms with Crippen molar-refractivity contribution >= 4 is 23.8 Å². The number of aliphatic carboxylic acids is 1. The van der Waals surface area contributed by atoms with E-state index >= 15 is 0 Å². The van der Waals surface area contributed by atoms with Gasteiger partial charge in [-0.15, -0.1) is 0 Å². The minimum atomic E-state index is -0.895. The van der Waals surface area contributed by atoms with Gasteiger partial charge in [0.05, 0.1) is 6.54 Å². The van der Waals surface area contributed by atoms with Crippen molar-refractivity contribution in [1.82, 2.24) is 20.0 Å². The fourth-order valence-corrected chi connectivity index (χ4v) is 2.48. The van der Waals surface area contributed by atoms with Gasteiger partial charge in [-0.3, -0.25) is 24.6 Å². The van der Waals surface area contributed by atoms with Gasteiger partial charge in [-0.05, 0) is 6.42 Å². The topological polar surface area (TPSA) is 110 Å². The molecule has 2 N–H and O–H groups in total. The predicted molar refractivity (Wildman–Crippen MR) is 70.4 cm³/mol. The first-order chi connectivity index (χ1) is 9.95. The number of carbonyl (C=O) groups is 4. The normalized spacial score (nSPS) is 21.0. The van der Waals surface area contributed by atoms with Gasteiger partial charge in [-0.25, -0.2) is 4.79 Å². The minimum Gasteiger partial charge on any atom is -0.480 e. The summed E-state index contributed by atoms with van der Waals surface area (Å²) < 4.78 is 0. The average Bonchev–Trinajstić information content (AvgIpc) is 2.61. The summed E-state index contributed by atoms with van der Waals surface area (Å²) in [6.07, 6.45) is 0.660. The molecule has 0 spiro atoms. The third kappa shape index (κ3) is 4.15. The maximum absolute atomic E-state index is 12.3. The number of carboxylic acid groups (broad SMARTS) is 1. The Hall–Kier alpha value is -2.16. The molecule has 4 amide bonds. The summed E-state index contributed by atoms with van der Waals surface area (Å²) in [6.45, 7) is 1.65. The minimum absolute atomic E-state index is 0.0490. The molecule has 0 aliphatic carbocycles. The summed E-state index contributed by atoms with van der Waals surface area (Å²) >= 11 is 0.